The van der Waals surface area contributed by atoms with Crippen LogP contribution in [0.25, 0.3) is 10.8 Å². The van der Waals surface area contributed by atoms with E-state index in [4.69, 9.17) is 16.3 Å². The molecule has 0 radical (unpaired) electrons. The predicted octanol–water partition coefficient (Wildman–Crippen LogP) is 4.67. The van der Waals surface area contributed by atoms with E-state index in [9.17, 15) is 4.79 Å². The number of halogens is 1. The molecule has 0 aromatic heterocycles. The van der Waals surface area contributed by atoms with Gasteiger partial charge in [0.2, 0.25) is 0 Å². The molecule has 3 aromatic carbocycles. The first-order valence-corrected chi connectivity index (χ1v) is 8.72. The molecule has 25 heavy (non-hydrogen) atoms. The minimum atomic E-state index is -0.503. The van der Waals surface area contributed by atoms with E-state index in [0.29, 0.717) is 11.4 Å². The second-order valence-electron chi connectivity index (χ2n) is 6.40. The molecule has 3 aromatic rings. The Morgan fingerprint density at radius 2 is 1.92 bits per heavy atom. The molecule has 1 heterocycles. The van der Waals surface area contributed by atoms with Crippen molar-refractivity contribution in [2.45, 2.75) is 25.5 Å². The van der Waals surface area contributed by atoms with Crippen molar-refractivity contribution in [1.82, 2.24) is 5.32 Å². The zero-order valence-corrected chi connectivity index (χ0v) is 14.6. The first-order chi connectivity index (χ1) is 12.1. The number of rotatable bonds is 3. The third-order valence-electron chi connectivity index (χ3n) is 4.62. The average Bonchev–Trinajstić information content (AvgIpc) is 3.04. The number of carbonyl (C=O) groups excluding carboxylic acids is 1. The number of hydrogen-bond acceptors (Lipinski definition) is 2. The molecule has 1 aliphatic heterocycles. The molecule has 0 saturated carbocycles. The van der Waals surface area contributed by atoms with E-state index in [1.54, 1.807) is 6.07 Å². The molecular formula is C21H18ClNO2. The lowest BCUT2D eigenvalue weighted by Crippen LogP contribution is -2.38. The minimum Gasteiger partial charge on any atom is -0.480 e. The molecule has 0 aliphatic carbocycles. The van der Waals surface area contributed by atoms with Crippen molar-refractivity contribution in [2.75, 3.05) is 0 Å². The van der Waals surface area contributed by atoms with Gasteiger partial charge in [-0.2, -0.15) is 0 Å². The van der Waals surface area contributed by atoms with Crippen LogP contribution in [0.2, 0.25) is 5.02 Å². The Hall–Kier alpha value is -2.52. The van der Waals surface area contributed by atoms with Gasteiger partial charge in [-0.3, -0.25) is 4.79 Å². The predicted molar refractivity (Wildman–Crippen MR) is 100 cm³/mol. The highest BCUT2D eigenvalue weighted by molar-refractivity contribution is 6.30. The standard InChI is InChI=1S/C21H18ClNO2/c1-13(15-7-6-14-4-2-3-5-16(14)10-15)23-21(24)20-12-17-11-18(22)8-9-19(17)25-20/h2-11,13,20H,12H2,1H3,(H,23,24). The summed E-state index contributed by atoms with van der Waals surface area (Å²) >= 11 is 6.01. The smallest absolute Gasteiger partial charge is 0.261 e. The van der Waals surface area contributed by atoms with E-state index in [0.717, 1.165) is 16.9 Å². The zero-order valence-electron chi connectivity index (χ0n) is 13.8. The highest BCUT2D eigenvalue weighted by Crippen LogP contribution is 2.31. The number of nitrogens with one attached hydrogen (secondary N) is 1. The Morgan fingerprint density at radius 1 is 1.12 bits per heavy atom. The first-order valence-electron chi connectivity index (χ1n) is 8.34. The second kappa shape index (κ2) is 6.41. The van der Waals surface area contributed by atoms with E-state index in [-0.39, 0.29) is 11.9 Å². The summed E-state index contributed by atoms with van der Waals surface area (Å²) in [7, 11) is 0. The summed E-state index contributed by atoms with van der Waals surface area (Å²) in [4.78, 5) is 12.6. The van der Waals surface area contributed by atoms with Crippen LogP contribution in [0.1, 0.15) is 24.1 Å². The van der Waals surface area contributed by atoms with Crippen molar-refractivity contribution in [3.05, 3.63) is 76.8 Å². The van der Waals surface area contributed by atoms with Gasteiger partial charge < -0.3 is 10.1 Å². The number of ether oxygens (including phenoxy) is 1. The van der Waals surface area contributed by atoms with Crippen LogP contribution in [0, 0.1) is 0 Å². The topological polar surface area (TPSA) is 38.3 Å². The van der Waals surface area contributed by atoms with E-state index in [2.05, 4.69) is 35.6 Å². The molecule has 1 N–H and O–H groups in total. The van der Waals surface area contributed by atoms with Crippen LogP contribution >= 0.6 is 11.6 Å². The SMILES string of the molecule is CC(NC(=O)C1Cc2cc(Cl)ccc2O1)c1ccc2ccccc2c1. The normalized spacial score (nSPS) is 17.0. The number of fused-ring (bicyclic) bond motifs is 2. The van der Waals surface area contributed by atoms with Gasteiger partial charge in [-0.15, -0.1) is 0 Å². The third-order valence-corrected chi connectivity index (χ3v) is 4.86. The lowest BCUT2D eigenvalue weighted by Gasteiger charge is -2.18. The van der Waals surface area contributed by atoms with E-state index >= 15 is 0 Å². The van der Waals surface area contributed by atoms with Gasteiger partial charge in [0, 0.05) is 11.4 Å². The summed E-state index contributed by atoms with van der Waals surface area (Å²) in [5.41, 5.74) is 2.05. The quantitative estimate of drug-likeness (QED) is 0.744. The van der Waals surface area contributed by atoms with Gasteiger partial charge in [0.1, 0.15) is 5.75 Å². The lowest BCUT2D eigenvalue weighted by atomic mass is 10.0. The van der Waals surface area contributed by atoms with Gasteiger partial charge in [0.05, 0.1) is 6.04 Å². The number of carbonyl (C=O) groups is 1. The fraction of sp³-hybridized carbons (Fsp3) is 0.190. The average molecular weight is 352 g/mol. The molecule has 2 unspecified atom stereocenters. The molecule has 3 nitrogen and oxygen atoms in total. The number of benzene rings is 3. The minimum absolute atomic E-state index is 0.0898. The Bertz CT molecular complexity index is 954. The van der Waals surface area contributed by atoms with E-state index < -0.39 is 6.10 Å². The summed E-state index contributed by atoms with van der Waals surface area (Å²) in [5.74, 6) is 0.635. The van der Waals surface area contributed by atoms with Crippen molar-refractivity contribution in [1.29, 1.82) is 0 Å². The third kappa shape index (κ3) is 3.20. The Balaban J connectivity index is 1.47. The fourth-order valence-electron chi connectivity index (χ4n) is 3.23. The van der Waals surface area contributed by atoms with Gasteiger partial charge in [-0.05, 0) is 53.1 Å². The van der Waals surface area contributed by atoms with Crippen molar-refractivity contribution in [2.24, 2.45) is 0 Å². The second-order valence-corrected chi connectivity index (χ2v) is 6.84. The molecular weight excluding hydrogens is 334 g/mol. The van der Waals surface area contributed by atoms with Crippen LogP contribution in [0.5, 0.6) is 5.75 Å². The van der Waals surface area contributed by atoms with Gasteiger partial charge >= 0.3 is 0 Å². The molecule has 126 valence electrons. The Kier molecular flexibility index (Phi) is 4.10. The highest BCUT2D eigenvalue weighted by Gasteiger charge is 2.30. The number of hydrogen-bond donors (Lipinski definition) is 1. The molecule has 2 atom stereocenters. The fourth-order valence-corrected chi connectivity index (χ4v) is 3.42. The van der Waals surface area contributed by atoms with Crippen LogP contribution in [0.15, 0.2) is 60.7 Å². The van der Waals surface area contributed by atoms with Crippen molar-refractivity contribution < 1.29 is 9.53 Å². The van der Waals surface area contributed by atoms with Crippen LogP contribution in [0.4, 0.5) is 0 Å². The van der Waals surface area contributed by atoms with E-state index in [1.807, 2.05) is 31.2 Å². The van der Waals surface area contributed by atoms with Crippen molar-refractivity contribution in [3.63, 3.8) is 0 Å². The van der Waals surface area contributed by atoms with Gasteiger partial charge in [0.25, 0.3) is 5.91 Å². The molecule has 0 bridgehead atoms. The van der Waals surface area contributed by atoms with E-state index in [1.165, 1.54) is 10.8 Å². The number of amides is 1. The molecule has 1 aliphatic rings. The Morgan fingerprint density at radius 3 is 2.76 bits per heavy atom. The Labute approximate surface area is 151 Å². The highest BCUT2D eigenvalue weighted by atomic mass is 35.5. The maximum atomic E-state index is 12.6. The van der Waals surface area contributed by atoms with Crippen molar-refractivity contribution >= 4 is 28.3 Å². The molecule has 4 heteroatoms. The summed E-state index contributed by atoms with van der Waals surface area (Å²) < 4.78 is 5.76. The summed E-state index contributed by atoms with van der Waals surface area (Å²) in [6.45, 7) is 1.99. The largest absolute Gasteiger partial charge is 0.480 e. The molecule has 0 spiro atoms. The molecule has 0 fully saturated rings. The summed E-state index contributed by atoms with van der Waals surface area (Å²) in [6, 6.07) is 19.8. The van der Waals surface area contributed by atoms with Crippen LogP contribution in [0.3, 0.4) is 0 Å². The van der Waals surface area contributed by atoms with Crippen molar-refractivity contribution in [3.8, 4) is 5.75 Å². The van der Waals surface area contributed by atoms with Gasteiger partial charge in [-0.25, -0.2) is 0 Å². The van der Waals surface area contributed by atoms with Gasteiger partial charge in [-0.1, -0.05) is 48.0 Å². The maximum absolute atomic E-state index is 12.6. The monoisotopic (exact) mass is 351 g/mol. The lowest BCUT2D eigenvalue weighted by molar-refractivity contribution is -0.127. The molecule has 1 amide bonds. The molecule has 0 saturated heterocycles. The molecule has 4 rings (SSSR count). The maximum Gasteiger partial charge on any atom is 0.261 e. The van der Waals surface area contributed by atoms with Crippen LogP contribution in [-0.4, -0.2) is 12.0 Å². The summed E-state index contributed by atoms with van der Waals surface area (Å²) in [5, 5.41) is 6.07. The first kappa shape index (κ1) is 16.0. The summed E-state index contributed by atoms with van der Waals surface area (Å²) in [6.07, 6.45) is 0.0444. The van der Waals surface area contributed by atoms with Gasteiger partial charge in [0.15, 0.2) is 6.10 Å². The zero-order chi connectivity index (χ0) is 17.4. The van der Waals surface area contributed by atoms with Crippen LogP contribution in [-0.2, 0) is 11.2 Å². The van der Waals surface area contributed by atoms with Crippen LogP contribution < -0.4 is 10.1 Å².